The summed E-state index contributed by atoms with van der Waals surface area (Å²) >= 11 is 0. The second-order valence-corrected chi connectivity index (χ2v) is 7.09. The Morgan fingerprint density at radius 2 is 1.65 bits per heavy atom. The Labute approximate surface area is 121 Å². The quantitative estimate of drug-likeness (QED) is 0.899. The van der Waals surface area contributed by atoms with E-state index < -0.39 is 16.1 Å². The molecule has 6 heteroatoms. The van der Waals surface area contributed by atoms with Crippen molar-refractivity contribution in [3.8, 4) is 0 Å². The molecule has 0 radical (unpaired) electrons. The maximum atomic E-state index is 12.1. The highest BCUT2D eigenvalue weighted by atomic mass is 32.2. The number of benzene rings is 1. The molecule has 0 aliphatic heterocycles. The van der Waals surface area contributed by atoms with Gasteiger partial charge >= 0.3 is 0 Å². The van der Waals surface area contributed by atoms with E-state index in [1.165, 1.54) is 0 Å². The molecule has 0 aliphatic rings. The van der Waals surface area contributed by atoms with Crippen LogP contribution in [0, 0.1) is 6.92 Å². The van der Waals surface area contributed by atoms with Crippen LogP contribution in [0.15, 0.2) is 24.3 Å². The van der Waals surface area contributed by atoms with Crippen molar-refractivity contribution in [3.05, 3.63) is 29.8 Å². The molecule has 1 atom stereocenters. The number of carbonyl (C=O) groups is 1. The SMILES string of the molecule is Cc1ccc(N(C(C)C(=O)NC(C)C)S(C)(=O)=O)cc1. The fourth-order valence-corrected chi connectivity index (χ4v) is 3.08. The number of nitrogens with zero attached hydrogens (tertiary/aromatic N) is 1. The minimum Gasteiger partial charge on any atom is -0.352 e. The third-order valence-corrected chi connectivity index (χ3v) is 4.05. The van der Waals surface area contributed by atoms with E-state index >= 15 is 0 Å². The van der Waals surface area contributed by atoms with Gasteiger partial charge in [0, 0.05) is 6.04 Å². The number of anilines is 1. The smallest absolute Gasteiger partial charge is 0.243 e. The van der Waals surface area contributed by atoms with Crippen LogP contribution >= 0.6 is 0 Å². The third kappa shape index (κ3) is 4.23. The molecule has 1 aromatic rings. The fourth-order valence-electron chi connectivity index (χ4n) is 1.91. The number of hydrogen-bond donors (Lipinski definition) is 1. The summed E-state index contributed by atoms with van der Waals surface area (Å²) in [6, 6.07) is 6.21. The Kier molecular flexibility index (Phi) is 5.16. The van der Waals surface area contributed by atoms with Gasteiger partial charge in [0.15, 0.2) is 0 Å². The first-order valence-electron chi connectivity index (χ1n) is 6.49. The largest absolute Gasteiger partial charge is 0.352 e. The second kappa shape index (κ2) is 6.26. The average molecular weight is 298 g/mol. The summed E-state index contributed by atoms with van der Waals surface area (Å²) in [7, 11) is -3.54. The van der Waals surface area contributed by atoms with Crippen molar-refractivity contribution >= 4 is 21.6 Å². The predicted molar refractivity (Wildman–Crippen MR) is 81.2 cm³/mol. The van der Waals surface area contributed by atoms with Crippen LogP contribution in [0.25, 0.3) is 0 Å². The standard InChI is InChI=1S/C14H22N2O3S/c1-10(2)15-14(17)12(4)16(20(5,18)19)13-8-6-11(3)7-9-13/h6-10,12H,1-5H3,(H,15,17). The van der Waals surface area contributed by atoms with Gasteiger partial charge in [0.1, 0.15) is 6.04 Å². The molecule has 1 aromatic carbocycles. The summed E-state index contributed by atoms with van der Waals surface area (Å²) < 4.78 is 25.1. The van der Waals surface area contributed by atoms with Crippen LogP contribution in [0.3, 0.4) is 0 Å². The maximum Gasteiger partial charge on any atom is 0.243 e. The highest BCUT2D eigenvalue weighted by Crippen LogP contribution is 2.21. The first-order valence-corrected chi connectivity index (χ1v) is 8.34. The molecule has 20 heavy (non-hydrogen) atoms. The van der Waals surface area contributed by atoms with Crippen molar-refractivity contribution < 1.29 is 13.2 Å². The minimum atomic E-state index is -3.54. The first-order chi connectivity index (χ1) is 9.12. The van der Waals surface area contributed by atoms with Gasteiger partial charge in [-0.2, -0.15) is 0 Å². The van der Waals surface area contributed by atoms with Crippen molar-refractivity contribution in [2.45, 2.75) is 39.8 Å². The number of rotatable bonds is 5. The Morgan fingerprint density at radius 3 is 2.05 bits per heavy atom. The van der Waals surface area contributed by atoms with E-state index in [1.54, 1.807) is 19.1 Å². The molecule has 0 aliphatic carbocycles. The average Bonchev–Trinajstić information content (AvgIpc) is 2.29. The monoisotopic (exact) mass is 298 g/mol. The molecule has 5 nitrogen and oxygen atoms in total. The van der Waals surface area contributed by atoms with Crippen molar-refractivity contribution in [2.75, 3.05) is 10.6 Å². The van der Waals surface area contributed by atoms with Gasteiger partial charge in [-0.15, -0.1) is 0 Å². The van der Waals surface area contributed by atoms with E-state index in [0.717, 1.165) is 16.1 Å². The minimum absolute atomic E-state index is 0.0376. The van der Waals surface area contributed by atoms with Crippen molar-refractivity contribution in [2.24, 2.45) is 0 Å². The molecule has 0 saturated carbocycles. The number of carbonyl (C=O) groups excluding carboxylic acids is 1. The molecule has 1 N–H and O–H groups in total. The van der Waals surface area contributed by atoms with Crippen LogP contribution in [0.2, 0.25) is 0 Å². The topological polar surface area (TPSA) is 66.5 Å². The Hall–Kier alpha value is -1.56. The summed E-state index contributed by atoms with van der Waals surface area (Å²) in [6.07, 6.45) is 1.10. The summed E-state index contributed by atoms with van der Waals surface area (Å²) in [4.78, 5) is 12.1. The van der Waals surface area contributed by atoms with Gasteiger partial charge in [0.25, 0.3) is 0 Å². The molecule has 1 unspecified atom stereocenters. The molecule has 0 aromatic heterocycles. The van der Waals surface area contributed by atoms with Gasteiger partial charge < -0.3 is 5.32 Å². The highest BCUT2D eigenvalue weighted by molar-refractivity contribution is 7.92. The van der Waals surface area contributed by atoms with E-state index in [-0.39, 0.29) is 11.9 Å². The number of sulfonamides is 1. The summed E-state index contributed by atoms with van der Waals surface area (Å²) in [6.45, 7) is 7.17. The molecular weight excluding hydrogens is 276 g/mol. The van der Waals surface area contributed by atoms with E-state index in [4.69, 9.17) is 0 Å². The molecule has 0 spiro atoms. The van der Waals surface area contributed by atoms with Gasteiger partial charge in [0.2, 0.25) is 15.9 Å². The Morgan fingerprint density at radius 1 is 1.15 bits per heavy atom. The van der Waals surface area contributed by atoms with Crippen molar-refractivity contribution in [1.29, 1.82) is 0 Å². The zero-order valence-electron chi connectivity index (χ0n) is 12.5. The lowest BCUT2D eigenvalue weighted by Gasteiger charge is -2.28. The predicted octanol–water partition coefficient (Wildman–Crippen LogP) is 1.67. The van der Waals surface area contributed by atoms with Gasteiger partial charge in [-0.3, -0.25) is 9.10 Å². The van der Waals surface area contributed by atoms with Crippen LogP contribution in [0.4, 0.5) is 5.69 Å². The van der Waals surface area contributed by atoms with Gasteiger partial charge in [-0.25, -0.2) is 8.42 Å². The molecule has 0 fully saturated rings. The lowest BCUT2D eigenvalue weighted by molar-refractivity contribution is -0.122. The van der Waals surface area contributed by atoms with Crippen LogP contribution in [-0.2, 0) is 14.8 Å². The molecule has 0 heterocycles. The zero-order valence-corrected chi connectivity index (χ0v) is 13.4. The van der Waals surface area contributed by atoms with Gasteiger partial charge in [-0.05, 0) is 39.8 Å². The molecule has 1 amide bonds. The van der Waals surface area contributed by atoms with Crippen molar-refractivity contribution in [1.82, 2.24) is 5.32 Å². The van der Waals surface area contributed by atoms with E-state index in [9.17, 15) is 13.2 Å². The lowest BCUT2D eigenvalue weighted by atomic mass is 10.2. The van der Waals surface area contributed by atoms with Crippen LogP contribution < -0.4 is 9.62 Å². The summed E-state index contributed by atoms with van der Waals surface area (Å²) in [5.41, 5.74) is 1.52. The molecule has 0 saturated heterocycles. The molecule has 112 valence electrons. The number of aryl methyl sites for hydroxylation is 1. The summed E-state index contributed by atoms with van der Waals surface area (Å²) in [5, 5.41) is 2.73. The number of nitrogens with one attached hydrogen (secondary N) is 1. The maximum absolute atomic E-state index is 12.1. The molecule has 0 bridgehead atoms. The van der Waals surface area contributed by atoms with Crippen LogP contribution in [0.1, 0.15) is 26.3 Å². The highest BCUT2D eigenvalue weighted by Gasteiger charge is 2.29. The van der Waals surface area contributed by atoms with Crippen molar-refractivity contribution in [3.63, 3.8) is 0 Å². The number of hydrogen-bond acceptors (Lipinski definition) is 3. The first kappa shape index (κ1) is 16.5. The fraction of sp³-hybridized carbons (Fsp3) is 0.500. The Bertz CT molecular complexity index is 565. The third-order valence-electron chi connectivity index (χ3n) is 2.81. The van der Waals surface area contributed by atoms with Crippen LogP contribution in [0.5, 0.6) is 0 Å². The molecular formula is C14H22N2O3S. The molecule has 1 rings (SSSR count). The Balaban J connectivity index is 3.14. The second-order valence-electron chi connectivity index (χ2n) is 5.23. The summed E-state index contributed by atoms with van der Waals surface area (Å²) in [5.74, 6) is -0.314. The van der Waals surface area contributed by atoms with E-state index in [2.05, 4.69) is 5.32 Å². The number of amides is 1. The zero-order chi connectivity index (χ0) is 15.5. The van der Waals surface area contributed by atoms with Gasteiger partial charge in [-0.1, -0.05) is 17.7 Å². The normalized spacial score (nSPS) is 13.1. The van der Waals surface area contributed by atoms with E-state index in [1.807, 2.05) is 32.9 Å². The van der Waals surface area contributed by atoms with Gasteiger partial charge in [0.05, 0.1) is 11.9 Å². The lowest BCUT2D eigenvalue weighted by Crippen LogP contribution is -2.49. The van der Waals surface area contributed by atoms with E-state index in [0.29, 0.717) is 5.69 Å². The van der Waals surface area contributed by atoms with Crippen LogP contribution in [-0.4, -0.2) is 32.7 Å².